The fourth-order valence-corrected chi connectivity index (χ4v) is 2.38. The molecular formula is C16H12Cl2F3NO. The first-order chi connectivity index (χ1) is 10.7. The zero-order valence-electron chi connectivity index (χ0n) is 11.9. The van der Waals surface area contributed by atoms with Crippen molar-refractivity contribution in [3.05, 3.63) is 69.2 Å². The van der Waals surface area contributed by atoms with Crippen LogP contribution in [-0.4, -0.2) is 5.91 Å². The minimum Gasteiger partial charge on any atom is -0.345 e. The lowest BCUT2D eigenvalue weighted by atomic mass is 10.1. The SMILES string of the molecule is C[C@@H](NC(=O)c1cccc(Cl)c1Cl)c1ccc(C(F)(F)F)cc1. The van der Waals surface area contributed by atoms with Crippen LogP contribution in [0, 0.1) is 0 Å². The summed E-state index contributed by atoms with van der Waals surface area (Å²) < 4.78 is 37.6. The van der Waals surface area contributed by atoms with E-state index in [4.69, 9.17) is 23.2 Å². The molecule has 0 saturated heterocycles. The second-order valence-electron chi connectivity index (χ2n) is 4.92. The number of halogens is 5. The van der Waals surface area contributed by atoms with Gasteiger partial charge in [0.05, 0.1) is 27.2 Å². The third kappa shape index (κ3) is 4.18. The van der Waals surface area contributed by atoms with E-state index >= 15 is 0 Å². The van der Waals surface area contributed by atoms with Crippen molar-refractivity contribution < 1.29 is 18.0 Å². The molecule has 0 aliphatic heterocycles. The summed E-state index contributed by atoms with van der Waals surface area (Å²) in [7, 11) is 0. The summed E-state index contributed by atoms with van der Waals surface area (Å²) >= 11 is 11.8. The fourth-order valence-electron chi connectivity index (χ4n) is 2.00. The van der Waals surface area contributed by atoms with Gasteiger partial charge in [0.1, 0.15) is 0 Å². The Labute approximate surface area is 141 Å². The Balaban J connectivity index is 2.14. The molecule has 0 radical (unpaired) electrons. The molecule has 0 saturated carbocycles. The van der Waals surface area contributed by atoms with Crippen LogP contribution in [0.25, 0.3) is 0 Å². The predicted octanol–water partition coefficient (Wildman–Crippen LogP) is 5.50. The fraction of sp³-hybridized carbons (Fsp3) is 0.188. The van der Waals surface area contributed by atoms with Crippen molar-refractivity contribution in [1.29, 1.82) is 0 Å². The molecule has 1 N–H and O–H groups in total. The minimum absolute atomic E-state index is 0.131. The molecule has 0 fully saturated rings. The lowest BCUT2D eigenvalue weighted by Crippen LogP contribution is -2.27. The number of carbonyl (C=O) groups excluding carboxylic acids is 1. The summed E-state index contributed by atoms with van der Waals surface area (Å²) in [5.74, 6) is -0.454. The molecule has 23 heavy (non-hydrogen) atoms. The van der Waals surface area contributed by atoms with Crippen LogP contribution in [0.5, 0.6) is 0 Å². The Morgan fingerprint density at radius 3 is 2.26 bits per heavy atom. The summed E-state index contributed by atoms with van der Waals surface area (Å²) in [6, 6.07) is 8.78. The maximum Gasteiger partial charge on any atom is 0.416 e. The lowest BCUT2D eigenvalue weighted by Gasteiger charge is -2.16. The van der Waals surface area contributed by atoms with E-state index in [1.807, 2.05) is 0 Å². The quantitative estimate of drug-likeness (QED) is 0.767. The maximum atomic E-state index is 12.5. The third-order valence-electron chi connectivity index (χ3n) is 3.28. The summed E-state index contributed by atoms with van der Waals surface area (Å²) in [4.78, 5) is 12.2. The van der Waals surface area contributed by atoms with Crippen molar-refractivity contribution in [1.82, 2.24) is 5.32 Å². The first-order valence-corrected chi connectivity index (χ1v) is 7.38. The number of rotatable bonds is 3. The molecule has 7 heteroatoms. The maximum absolute atomic E-state index is 12.5. The van der Waals surface area contributed by atoms with E-state index in [0.717, 1.165) is 12.1 Å². The van der Waals surface area contributed by atoms with Gasteiger partial charge in [-0.25, -0.2) is 0 Å². The van der Waals surface area contributed by atoms with Crippen LogP contribution in [0.2, 0.25) is 10.0 Å². The van der Waals surface area contributed by atoms with Crippen molar-refractivity contribution in [2.75, 3.05) is 0 Å². The number of hydrogen-bond donors (Lipinski definition) is 1. The summed E-state index contributed by atoms with van der Waals surface area (Å²) in [5.41, 5.74) is 0.0140. The summed E-state index contributed by atoms with van der Waals surface area (Å²) in [6.45, 7) is 1.67. The second-order valence-corrected chi connectivity index (χ2v) is 5.70. The topological polar surface area (TPSA) is 29.1 Å². The van der Waals surface area contributed by atoms with Crippen LogP contribution >= 0.6 is 23.2 Å². The zero-order chi connectivity index (χ0) is 17.2. The van der Waals surface area contributed by atoms with Gasteiger partial charge < -0.3 is 5.32 Å². The van der Waals surface area contributed by atoms with Crippen LogP contribution < -0.4 is 5.32 Å². The minimum atomic E-state index is -4.39. The molecule has 1 amide bonds. The van der Waals surface area contributed by atoms with Gasteiger partial charge in [-0.15, -0.1) is 0 Å². The highest BCUT2D eigenvalue weighted by Gasteiger charge is 2.30. The molecule has 0 heterocycles. The van der Waals surface area contributed by atoms with Gasteiger partial charge in [0.15, 0.2) is 0 Å². The largest absolute Gasteiger partial charge is 0.416 e. The van der Waals surface area contributed by atoms with Crippen molar-refractivity contribution >= 4 is 29.1 Å². The summed E-state index contributed by atoms with van der Waals surface area (Å²) in [6.07, 6.45) is -4.39. The van der Waals surface area contributed by atoms with Gasteiger partial charge in [-0.05, 0) is 36.8 Å². The van der Waals surface area contributed by atoms with Crippen LogP contribution in [-0.2, 0) is 6.18 Å². The average molecular weight is 362 g/mol. The van der Waals surface area contributed by atoms with Gasteiger partial charge in [-0.2, -0.15) is 13.2 Å². The van der Waals surface area contributed by atoms with Crippen LogP contribution in [0.3, 0.4) is 0 Å². The van der Waals surface area contributed by atoms with Crippen LogP contribution in [0.15, 0.2) is 42.5 Å². The molecule has 2 rings (SSSR count). The second kappa shape index (κ2) is 6.81. The van der Waals surface area contributed by atoms with Crippen molar-refractivity contribution in [3.8, 4) is 0 Å². The Hall–Kier alpha value is -1.72. The highest BCUT2D eigenvalue weighted by molar-refractivity contribution is 6.43. The van der Waals surface area contributed by atoms with Crippen LogP contribution in [0.1, 0.15) is 34.5 Å². The zero-order valence-corrected chi connectivity index (χ0v) is 13.4. The monoisotopic (exact) mass is 361 g/mol. The molecule has 0 spiro atoms. The van der Waals surface area contributed by atoms with Crippen molar-refractivity contribution in [2.24, 2.45) is 0 Å². The molecular weight excluding hydrogens is 350 g/mol. The molecule has 1 atom stereocenters. The molecule has 0 aromatic heterocycles. The van der Waals surface area contributed by atoms with E-state index in [1.165, 1.54) is 18.2 Å². The van der Waals surface area contributed by atoms with Gasteiger partial charge >= 0.3 is 6.18 Å². The highest BCUT2D eigenvalue weighted by atomic mass is 35.5. The van der Waals surface area contributed by atoms with E-state index in [1.54, 1.807) is 19.1 Å². The lowest BCUT2D eigenvalue weighted by molar-refractivity contribution is -0.137. The van der Waals surface area contributed by atoms with Gasteiger partial charge in [-0.1, -0.05) is 41.4 Å². The first kappa shape index (κ1) is 17.6. The Bertz CT molecular complexity index is 714. The standard InChI is InChI=1S/C16H12Cl2F3NO/c1-9(10-5-7-11(8-6-10)16(19,20)21)22-15(23)12-3-2-4-13(17)14(12)18/h2-9H,1H3,(H,22,23)/t9-/m1/s1. The number of amides is 1. The average Bonchev–Trinajstić information content (AvgIpc) is 2.49. The highest BCUT2D eigenvalue weighted by Crippen LogP contribution is 2.30. The van der Waals surface area contributed by atoms with Crippen molar-refractivity contribution in [3.63, 3.8) is 0 Å². The number of carbonyl (C=O) groups is 1. The molecule has 0 bridgehead atoms. The van der Waals surface area contributed by atoms with Gasteiger partial charge in [-0.3, -0.25) is 4.79 Å². The number of nitrogens with one attached hydrogen (secondary N) is 1. The number of benzene rings is 2. The Kier molecular flexibility index (Phi) is 5.22. The molecule has 2 nitrogen and oxygen atoms in total. The van der Waals surface area contributed by atoms with Gasteiger partial charge in [0.2, 0.25) is 0 Å². The smallest absolute Gasteiger partial charge is 0.345 e. The summed E-state index contributed by atoms with van der Waals surface area (Å²) in [5, 5.41) is 3.06. The van der Waals surface area contributed by atoms with Gasteiger partial charge in [0, 0.05) is 0 Å². The normalized spacial score (nSPS) is 12.8. The van der Waals surface area contributed by atoms with E-state index in [2.05, 4.69) is 5.32 Å². The number of alkyl halides is 3. The van der Waals surface area contributed by atoms with Crippen LogP contribution in [0.4, 0.5) is 13.2 Å². The van der Waals surface area contributed by atoms with E-state index < -0.39 is 23.7 Å². The Morgan fingerprint density at radius 2 is 1.70 bits per heavy atom. The van der Waals surface area contributed by atoms with E-state index in [-0.39, 0.29) is 15.6 Å². The Morgan fingerprint density at radius 1 is 1.09 bits per heavy atom. The van der Waals surface area contributed by atoms with Gasteiger partial charge in [0.25, 0.3) is 5.91 Å². The van der Waals surface area contributed by atoms with E-state index in [9.17, 15) is 18.0 Å². The van der Waals surface area contributed by atoms with Crippen molar-refractivity contribution in [2.45, 2.75) is 19.1 Å². The molecule has 2 aromatic carbocycles. The first-order valence-electron chi connectivity index (χ1n) is 6.62. The third-order valence-corrected chi connectivity index (χ3v) is 4.10. The number of hydrogen-bond acceptors (Lipinski definition) is 1. The predicted molar refractivity (Wildman–Crippen MR) is 83.8 cm³/mol. The molecule has 0 aliphatic rings. The molecule has 2 aromatic rings. The van der Waals surface area contributed by atoms with E-state index in [0.29, 0.717) is 5.56 Å². The molecule has 122 valence electrons. The molecule has 0 aliphatic carbocycles. The molecule has 0 unspecified atom stereocenters.